The number of carbonyl (C=O) groups is 2. The number of aromatic nitrogens is 2. The van der Waals surface area contributed by atoms with Crippen molar-refractivity contribution in [3.63, 3.8) is 0 Å². The fourth-order valence-corrected chi connectivity index (χ4v) is 4.69. The number of nitrogens with zero attached hydrogens (tertiary/aromatic N) is 2. The van der Waals surface area contributed by atoms with Gasteiger partial charge in [-0.05, 0) is 36.4 Å². The van der Waals surface area contributed by atoms with Crippen LogP contribution in [0.1, 0.15) is 12.2 Å². The van der Waals surface area contributed by atoms with Gasteiger partial charge in [-0.25, -0.2) is 4.98 Å². The zero-order valence-electron chi connectivity index (χ0n) is 15.5. The summed E-state index contributed by atoms with van der Waals surface area (Å²) in [6.07, 6.45) is 0.691. The maximum atomic E-state index is 12.3. The van der Waals surface area contributed by atoms with Gasteiger partial charge in [0.2, 0.25) is 11.8 Å². The number of carbonyl (C=O) groups excluding carboxylic acids is 2. The minimum atomic E-state index is -0.471. The lowest BCUT2D eigenvalue weighted by Gasteiger charge is -2.23. The van der Waals surface area contributed by atoms with Gasteiger partial charge in [0, 0.05) is 41.4 Å². The molecule has 0 bridgehead atoms. The van der Waals surface area contributed by atoms with Gasteiger partial charge in [-0.1, -0.05) is 23.2 Å². The zero-order valence-corrected chi connectivity index (χ0v) is 17.9. The Morgan fingerprint density at radius 2 is 2.00 bits per heavy atom. The zero-order chi connectivity index (χ0) is 20.5. The molecule has 0 aliphatic carbocycles. The Bertz CT molecular complexity index is 1120. The Kier molecular flexibility index (Phi) is 5.72. The molecule has 1 aliphatic heterocycles. The molecule has 3 aromatic rings. The highest BCUT2D eigenvalue weighted by Gasteiger charge is 2.29. The number of fused-ring (bicyclic) bond motifs is 2. The highest BCUT2D eigenvalue weighted by atomic mass is 35.5. The van der Waals surface area contributed by atoms with E-state index in [4.69, 9.17) is 23.2 Å². The molecule has 9 heteroatoms. The number of thioether (sulfide) groups is 1. The lowest BCUT2D eigenvalue weighted by Crippen LogP contribution is -2.35. The number of anilines is 1. The van der Waals surface area contributed by atoms with Crippen LogP contribution in [-0.4, -0.2) is 33.2 Å². The van der Waals surface area contributed by atoms with Gasteiger partial charge in [-0.2, -0.15) is 0 Å². The Labute approximate surface area is 182 Å². The first kappa shape index (κ1) is 20.1. The molecule has 0 spiro atoms. The quantitative estimate of drug-likeness (QED) is 0.617. The van der Waals surface area contributed by atoms with Crippen LogP contribution < -0.4 is 10.6 Å². The van der Waals surface area contributed by atoms with Crippen LogP contribution in [0.3, 0.4) is 0 Å². The molecule has 2 amide bonds. The predicted molar refractivity (Wildman–Crippen MR) is 117 cm³/mol. The summed E-state index contributed by atoms with van der Waals surface area (Å²) in [6, 6.07) is 10.9. The van der Waals surface area contributed by atoms with E-state index in [1.54, 1.807) is 12.1 Å². The van der Waals surface area contributed by atoms with Crippen molar-refractivity contribution < 1.29 is 9.59 Å². The molecule has 1 atom stereocenters. The van der Waals surface area contributed by atoms with Crippen molar-refractivity contribution in [3.8, 4) is 0 Å². The SMILES string of the molecule is Cn1c(CCNC(=O)C[C@H]2Sc3ccc(Cl)cc3NC2=O)nc2cc(Cl)ccc21. The van der Waals surface area contributed by atoms with Gasteiger partial charge in [0.1, 0.15) is 5.82 Å². The third-order valence-electron chi connectivity index (χ3n) is 4.74. The highest BCUT2D eigenvalue weighted by Crippen LogP contribution is 2.38. The average Bonchev–Trinajstić information content (AvgIpc) is 2.97. The monoisotopic (exact) mass is 448 g/mol. The summed E-state index contributed by atoms with van der Waals surface area (Å²) < 4.78 is 1.99. The van der Waals surface area contributed by atoms with Gasteiger partial charge in [0.15, 0.2) is 0 Å². The molecule has 2 heterocycles. The molecule has 2 aromatic carbocycles. The van der Waals surface area contributed by atoms with E-state index in [-0.39, 0.29) is 18.2 Å². The molecule has 0 saturated carbocycles. The first-order valence-electron chi connectivity index (χ1n) is 9.05. The summed E-state index contributed by atoms with van der Waals surface area (Å²) >= 11 is 13.4. The van der Waals surface area contributed by atoms with Gasteiger partial charge in [-0.3, -0.25) is 9.59 Å². The van der Waals surface area contributed by atoms with E-state index >= 15 is 0 Å². The fraction of sp³-hybridized carbons (Fsp3) is 0.250. The first-order valence-corrected chi connectivity index (χ1v) is 10.7. The fourth-order valence-electron chi connectivity index (χ4n) is 3.26. The van der Waals surface area contributed by atoms with E-state index in [9.17, 15) is 9.59 Å². The standard InChI is InChI=1S/C20H18Cl2N4O2S/c1-26-15-4-2-11(21)8-13(15)24-18(26)6-7-23-19(27)10-17-20(28)25-14-9-12(22)3-5-16(14)29-17/h2-5,8-9,17H,6-7,10H2,1H3,(H,23,27)(H,25,28)/t17-/m1/s1. The van der Waals surface area contributed by atoms with Crippen molar-refractivity contribution in [2.45, 2.75) is 23.0 Å². The van der Waals surface area contributed by atoms with Crippen molar-refractivity contribution in [1.82, 2.24) is 14.9 Å². The molecule has 0 saturated heterocycles. The maximum absolute atomic E-state index is 12.3. The first-order chi connectivity index (χ1) is 13.9. The summed E-state index contributed by atoms with van der Waals surface area (Å²) in [4.78, 5) is 30.1. The average molecular weight is 449 g/mol. The topological polar surface area (TPSA) is 76.0 Å². The number of halogens is 2. The van der Waals surface area contributed by atoms with E-state index < -0.39 is 5.25 Å². The number of amides is 2. The Balaban J connectivity index is 1.33. The molecular weight excluding hydrogens is 431 g/mol. The van der Waals surface area contributed by atoms with Gasteiger partial charge in [0.05, 0.1) is 22.0 Å². The van der Waals surface area contributed by atoms with Crippen LogP contribution in [0.5, 0.6) is 0 Å². The second-order valence-corrected chi connectivity index (χ2v) is 8.88. The van der Waals surface area contributed by atoms with Crippen molar-refractivity contribution in [2.75, 3.05) is 11.9 Å². The van der Waals surface area contributed by atoms with Crippen LogP contribution in [0.25, 0.3) is 11.0 Å². The van der Waals surface area contributed by atoms with Gasteiger partial charge in [-0.15, -0.1) is 11.8 Å². The van der Waals surface area contributed by atoms with Crippen LogP contribution in [0.15, 0.2) is 41.3 Å². The Hall–Kier alpha value is -2.22. The molecular formula is C20H18Cl2N4O2S. The van der Waals surface area contributed by atoms with E-state index in [1.807, 2.05) is 35.9 Å². The smallest absolute Gasteiger partial charge is 0.238 e. The predicted octanol–water partition coefficient (Wildman–Crippen LogP) is 4.04. The number of imidazole rings is 1. The van der Waals surface area contributed by atoms with Crippen LogP contribution in [0.4, 0.5) is 5.69 Å². The summed E-state index contributed by atoms with van der Waals surface area (Å²) in [7, 11) is 1.94. The second-order valence-electron chi connectivity index (χ2n) is 6.76. The molecule has 0 fully saturated rings. The van der Waals surface area contributed by atoms with E-state index in [2.05, 4.69) is 15.6 Å². The van der Waals surface area contributed by atoms with Crippen molar-refractivity contribution in [1.29, 1.82) is 0 Å². The molecule has 0 radical (unpaired) electrons. The number of hydrogen-bond donors (Lipinski definition) is 2. The van der Waals surface area contributed by atoms with Crippen LogP contribution >= 0.6 is 35.0 Å². The minimum Gasteiger partial charge on any atom is -0.356 e. The lowest BCUT2D eigenvalue weighted by molar-refractivity contribution is -0.124. The lowest BCUT2D eigenvalue weighted by atomic mass is 10.2. The molecule has 0 unspecified atom stereocenters. The van der Waals surface area contributed by atoms with Crippen LogP contribution in [0.2, 0.25) is 10.0 Å². The Morgan fingerprint density at radius 3 is 2.83 bits per heavy atom. The van der Waals surface area contributed by atoms with Crippen molar-refractivity contribution in [3.05, 3.63) is 52.3 Å². The second kappa shape index (κ2) is 8.26. The normalized spacial score (nSPS) is 15.8. The molecule has 1 aliphatic rings. The Morgan fingerprint density at radius 1 is 1.24 bits per heavy atom. The molecule has 6 nitrogen and oxygen atoms in total. The summed E-state index contributed by atoms with van der Waals surface area (Å²) in [5.74, 6) is 0.502. The number of rotatable bonds is 5. The molecule has 4 rings (SSSR count). The number of nitrogens with one attached hydrogen (secondary N) is 2. The third kappa shape index (κ3) is 4.37. The maximum Gasteiger partial charge on any atom is 0.238 e. The van der Waals surface area contributed by atoms with E-state index in [0.29, 0.717) is 28.7 Å². The van der Waals surface area contributed by atoms with Crippen molar-refractivity contribution in [2.24, 2.45) is 7.05 Å². The summed E-state index contributed by atoms with van der Waals surface area (Å²) in [6.45, 7) is 0.439. The minimum absolute atomic E-state index is 0.108. The summed E-state index contributed by atoms with van der Waals surface area (Å²) in [5, 5.41) is 6.43. The molecule has 2 N–H and O–H groups in total. The van der Waals surface area contributed by atoms with Gasteiger partial charge >= 0.3 is 0 Å². The summed E-state index contributed by atoms with van der Waals surface area (Å²) in [5.41, 5.74) is 2.51. The third-order valence-corrected chi connectivity index (χ3v) is 6.48. The molecule has 29 heavy (non-hydrogen) atoms. The van der Waals surface area contributed by atoms with Gasteiger partial charge in [0.25, 0.3) is 0 Å². The van der Waals surface area contributed by atoms with E-state index in [0.717, 1.165) is 21.8 Å². The van der Waals surface area contributed by atoms with Crippen molar-refractivity contribution >= 4 is 63.5 Å². The van der Waals surface area contributed by atoms with Crippen LogP contribution in [0, 0.1) is 0 Å². The largest absolute Gasteiger partial charge is 0.356 e. The molecule has 150 valence electrons. The van der Waals surface area contributed by atoms with Gasteiger partial charge < -0.3 is 15.2 Å². The number of benzene rings is 2. The van der Waals surface area contributed by atoms with Crippen LogP contribution in [-0.2, 0) is 23.1 Å². The highest BCUT2D eigenvalue weighted by molar-refractivity contribution is 8.01. The number of aryl methyl sites for hydroxylation is 1. The number of hydrogen-bond acceptors (Lipinski definition) is 4. The molecule has 1 aromatic heterocycles. The van der Waals surface area contributed by atoms with E-state index in [1.165, 1.54) is 11.8 Å².